The van der Waals surface area contributed by atoms with Gasteiger partial charge in [0.25, 0.3) is 0 Å². The Hall–Kier alpha value is -1.99. The van der Waals surface area contributed by atoms with Crippen LogP contribution in [0.4, 0.5) is 4.79 Å². The van der Waals surface area contributed by atoms with Crippen LogP contribution in [-0.2, 0) is 17.7 Å². The molecule has 0 unspecified atom stereocenters. The first-order valence-electron chi connectivity index (χ1n) is 7.72. The zero-order chi connectivity index (χ0) is 16.0. The number of carbonyl (C=O) groups is 1. The Morgan fingerprint density at radius 1 is 1.36 bits per heavy atom. The third-order valence-corrected chi connectivity index (χ3v) is 3.24. The van der Waals surface area contributed by atoms with E-state index in [1.54, 1.807) is 0 Å². The molecule has 0 bridgehead atoms. The Labute approximate surface area is 132 Å². The second-order valence-electron chi connectivity index (χ2n) is 6.39. The number of alkyl carbamates (subject to hydrolysis) is 1. The molecule has 2 N–H and O–H groups in total. The molecule has 0 saturated carbocycles. The molecule has 0 aromatic heterocycles. The fourth-order valence-corrected chi connectivity index (χ4v) is 2.26. The van der Waals surface area contributed by atoms with Crippen molar-refractivity contribution in [1.82, 2.24) is 10.6 Å². The molecule has 1 heterocycles. The zero-order valence-electron chi connectivity index (χ0n) is 13.6. The molecule has 0 atom stereocenters. The van der Waals surface area contributed by atoms with Crippen LogP contribution in [0.3, 0.4) is 0 Å². The monoisotopic (exact) mass is 300 g/mol. The second-order valence-corrected chi connectivity index (χ2v) is 6.39. The normalized spacial score (nSPS) is 13.6. The molecule has 0 radical (unpaired) electrons. The van der Waals surface area contributed by atoms with Gasteiger partial charge in [-0.05, 0) is 57.0 Å². The minimum Gasteiger partial charge on any atom is -0.444 e. The summed E-state index contributed by atoms with van der Waals surface area (Å²) in [5.41, 5.74) is 3.33. The Morgan fingerprint density at radius 2 is 2.18 bits per heavy atom. The molecule has 1 aliphatic heterocycles. The Morgan fingerprint density at radius 3 is 2.95 bits per heavy atom. The van der Waals surface area contributed by atoms with Crippen LogP contribution in [0.1, 0.15) is 43.9 Å². The Balaban J connectivity index is 1.78. The van der Waals surface area contributed by atoms with E-state index in [4.69, 9.17) is 4.74 Å². The summed E-state index contributed by atoms with van der Waals surface area (Å²) < 4.78 is 5.16. The van der Waals surface area contributed by atoms with Gasteiger partial charge in [-0.3, -0.25) is 0 Å². The number of benzene rings is 1. The van der Waals surface area contributed by atoms with Gasteiger partial charge in [-0.1, -0.05) is 17.9 Å². The fraction of sp³-hybridized carbons (Fsp3) is 0.500. The maximum Gasteiger partial charge on any atom is 0.407 e. The van der Waals surface area contributed by atoms with E-state index in [2.05, 4.69) is 40.7 Å². The van der Waals surface area contributed by atoms with E-state index >= 15 is 0 Å². The van der Waals surface area contributed by atoms with Crippen molar-refractivity contribution in [2.24, 2.45) is 0 Å². The molecule has 0 saturated heterocycles. The summed E-state index contributed by atoms with van der Waals surface area (Å²) in [4.78, 5) is 11.5. The summed E-state index contributed by atoms with van der Waals surface area (Å²) in [5.74, 6) is 6.25. The third kappa shape index (κ3) is 5.42. The highest BCUT2D eigenvalue weighted by Crippen LogP contribution is 2.15. The predicted molar refractivity (Wildman–Crippen MR) is 87.6 cm³/mol. The maximum absolute atomic E-state index is 11.5. The van der Waals surface area contributed by atoms with Crippen LogP contribution in [-0.4, -0.2) is 24.8 Å². The van der Waals surface area contributed by atoms with Crippen molar-refractivity contribution >= 4 is 6.09 Å². The SMILES string of the molecule is CC(C)(C)OC(=O)NCCC#Cc1ccc2c(c1)CCNC2. The highest BCUT2D eigenvalue weighted by molar-refractivity contribution is 5.67. The average molecular weight is 300 g/mol. The predicted octanol–water partition coefficient (Wildman–Crippen LogP) is 2.60. The van der Waals surface area contributed by atoms with Gasteiger partial charge >= 0.3 is 6.09 Å². The van der Waals surface area contributed by atoms with Crippen molar-refractivity contribution in [1.29, 1.82) is 0 Å². The van der Waals surface area contributed by atoms with E-state index in [1.165, 1.54) is 11.1 Å². The van der Waals surface area contributed by atoms with Crippen LogP contribution in [0.25, 0.3) is 0 Å². The van der Waals surface area contributed by atoms with E-state index < -0.39 is 11.7 Å². The van der Waals surface area contributed by atoms with Crippen LogP contribution in [0, 0.1) is 11.8 Å². The maximum atomic E-state index is 11.5. The molecular weight excluding hydrogens is 276 g/mol. The van der Waals surface area contributed by atoms with Gasteiger partial charge in [0.15, 0.2) is 0 Å². The molecule has 1 aromatic rings. The van der Waals surface area contributed by atoms with Gasteiger partial charge in [0, 0.05) is 25.1 Å². The molecular formula is C18H24N2O2. The molecule has 22 heavy (non-hydrogen) atoms. The molecule has 4 heteroatoms. The largest absolute Gasteiger partial charge is 0.444 e. The standard InChI is InChI=1S/C18H24N2O2/c1-18(2,3)22-17(21)20-10-5-4-6-14-7-8-16-13-19-11-9-15(16)12-14/h7-8,12,19H,5,9-11,13H2,1-3H3,(H,20,21). The van der Waals surface area contributed by atoms with E-state index in [9.17, 15) is 4.79 Å². The van der Waals surface area contributed by atoms with Crippen molar-refractivity contribution in [3.05, 3.63) is 34.9 Å². The van der Waals surface area contributed by atoms with Crippen LogP contribution < -0.4 is 10.6 Å². The average Bonchev–Trinajstić information content (AvgIpc) is 2.45. The number of carbonyl (C=O) groups excluding carboxylic acids is 1. The Kier molecular flexibility index (Phi) is 5.46. The molecule has 0 fully saturated rings. The summed E-state index contributed by atoms with van der Waals surface area (Å²) in [6.07, 6.45) is 1.28. The quantitative estimate of drug-likeness (QED) is 0.652. The summed E-state index contributed by atoms with van der Waals surface area (Å²) in [7, 11) is 0. The van der Waals surface area contributed by atoms with Crippen molar-refractivity contribution in [2.75, 3.05) is 13.1 Å². The van der Waals surface area contributed by atoms with Gasteiger partial charge in [0.05, 0.1) is 0 Å². The van der Waals surface area contributed by atoms with Gasteiger partial charge in [0.2, 0.25) is 0 Å². The lowest BCUT2D eigenvalue weighted by atomic mass is 9.98. The number of rotatable bonds is 2. The lowest BCUT2D eigenvalue weighted by Crippen LogP contribution is -2.32. The molecule has 1 aromatic carbocycles. The summed E-state index contributed by atoms with van der Waals surface area (Å²) in [6.45, 7) is 8.01. The number of fused-ring (bicyclic) bond motifs is 1. The summed E-state index contributed by atoms with van der Waals surface area (Å²) in [5, 5.41) is 6.06. The van der Waals surface area contributed by atoms with Crippen LogP contribution >= 0.6 is 0 Å². The lowest BCUT2D eigenvalue weighted by molar-refractivity contribution is 0.0529. The molecule has 1 aliphatic rings. The topological polar surface area (TPSA) is 50.4 Å². The molecule has 118 valence electrons. The minimum absolute atomic E-state index is 0.393. The number of amides is 1. The van der Waals surface area contributed by atoms with E-state index in [1.807, 2.05) is 20.8 Å². The van der Waals surface area contributed by atoms with Crippen LogP contribution in [0.5, 0.6) is 0 Å². The minimum atomic E-state index is -0.465. The first-order chi connectivity index (χ1) is 10.4. The Bertz CT molecular complexity index is 591. The van der Waals surface area contributed by atoms with Crippen molar-refractivity contribution in [3.8, 4) is 11.8 Å². The van der Waals surface area contributed by atoms with E-state index in [0.717, 1.165) is 25.1 Å². The second kappa shape index (κ2) is 7.33. The molecule has 0 aliphatic carbocycles. The molecule has 2 rings (SSSR count). The highest BCUT2D eigenvalue weighted by Gasteiger charge is 2.15. The van der Waals surface area contributed by atoms with Gasteiger partial charge in [-0.2, -0.15) is 0 Å². The molecule has 1 amide bonds. The first-order valence-corrected chi connectivity index (χ1v) is 7.72. The third-order valence-electron chi connectivity index (χ3n) is 3.24. The summed E-state index contributed by atoms with van der Waals surface area (Å²) in [6, 6.07) is 6.37. The van der Waals surface area contributed by atoms with Crippen LogP contribution in [0.2, 0.25) is 0 Å². The van der Waals surface area contributed by atoms with E-state index in [-0.39, 0.29) is 0 Å². The van der Waals surface area contributed by atoms with Gasteiger partial charge in [0.1, 0.15) is 5.60 Å². The van der Waals surface area contributed by atoms with Crippen molar-refractivity contribution in [3.63, 3.8) is 0 Å². The summed E-state index contributed by atoms with van der Waals surface area (Å²) >= 11 is 0. The van der Waals surface area contributed by atoms with Crippen molar-refractivity contribution in [2.45, 2.75) is 45.8 Å². The van der Waals surface area contributed by atoms with Crippen LogP contribution in [0.15, 0.2) is 18.2 Å². The first kappa shape index (κ1) is 16.4. The molecule has 4 nitrogen and oxygen atoms in total. The van der Waals surface area contributed by atoms with Gasteiger partial charge < -0.3 is 15.4 Å². The highest BCUT2D eigenvalue weighted by atomic mass is 16.6. The van der Waals surface area contributed by atoms with E-state index in [0.29, 0.717) is 13.0 Å². The molecule has 0 spiro atoms. The number of hydrogen-bond acceptors (Lipinski definition) is 3. The number of nitrogens with one attached hydrogen (secondary N) is 2. The number of hydrogen-bond donors (Lipinski definition) is 2. The van der Waals surface area contributed by atoms with Gasteiger partial charge in [-0.15, -0.1) is 0 Å². The number of ether oxygens (including phenoxy) is 1. The lowest BCUT2D eigenvalue weighted by Gasteiger charge is -2.19. The zero-order valence-corrected chi connectivity index (χ0v) is 13.6. The van der Waals surface area contributed by atoms with Crippen molar-refractivity contribution < 1.29 is 9.53 Å². The fourth-order valence-electron chi connectivity index (χ4n) is 2.26. The smallest absolute Gasteiger partial charge is 0.407 e. The van der Waals surface area contributed by atoms with Gasteiger partial charge in [-0.25, -0.2) is 4.79 Å².